The molecule has 0 atom stereocenters. The van der Waals surface area contributed by atoms with Crippen LogP contribution in [0.3, 0.4) is 0 Å². The molecule has 2 heterocycles. The highest BCUT2D eigenvalue weighted by Gasteiger charge is 2.24. The van der Waals surface area contributed by atoms with E-state index in [1.165, 1.54) is 16.7 Å². The molecule has 3 aromatic rings. The number of aryl methyl sites for hydroxylation is 2. The Hall–Kier alpha value is -2.59. The highest BCUT2D eigenvalue weighted by atomic mass is 32.1. The minimum Gasteiger partial charge on any atom is -0.490 e. The average molecular weight is 392 g/mol. The number of ether oxygens (including phenoxy) is 1. The molecule has 1 aliphatic heterocycles. The van der Waals surface area contributed by atoms with Crippen molar-refractivity contribution in [2.75, 3.05) is 13.1 Å². The Morgan fingerprint density at radius 1 is 0.964 bits per heavy atom. The van der Waals surface area contributed by atoms with Crippen molar-refractivity contribution < 1.29 is 9.53 Å². The van der Waals surface area contributed by atoms with Gasteiger partial charge >= 0.3 is 0 Å². The summed E-state index contributed by atoms with van der Waals surface area (Å²) in [6.45, 7) is 5.69. The van der Waals surface area contributed by atoms with E-state index in [0.717, 1.165) is 42.8 Å². The van der Waals surface area contributed by atoms with E-state index in [1.54, 1.807) is 11.3 Å². The van der Waals surface area contributed by atoms with Crippen LogP contribution in [0.4, 0.5) is 0 Å². The summed E-state index contributed by atoms with van der Waals surface area (Å²) in [7, 11) is 0. The van der Waals surface area contributed by atoms with Gasteiger partial charge in [-0.15, -0.1) is 0 Å². The van der Waals surface area contributed by atoms with Gasteiger partial charge in [-0.05, 0) is 77.2 Å². The summed E-state index contributed by atoms with van der Waals surface area (Å²) in [5.41, 5.74) is 5.63. The molecule has 28 heavy (non-hydrogen) atoms. The molecule has 144 valence electrons. The van der Waals surface area contributed by atoms with Crippen molar-refractivity contribution in [3.05, 3.63) is 76.0 Å². The van der Waals surface area contributed by atoms with E-state index < -0.39 is 0 Å². The average Bonchev–Trinajstić information content (AvgIpc) is 3.26. The number of thiophene rings is 1. The number of hydrogen-bond donors (Lipinski definition) is 0. The molecule has 1 aliphatic rings. The number of carbonyl (C=O) groups is 1. The van der Waals surface area contributed by atoms with E-state index in [-0.39, 0.29) is 12.0 Å². The van der Waals surface area contributed by atoms with Crippen LogP contribution in [0.25, 0.3) is 11.1 Å². The van der Waals surface area contributed by atoms with Gasteiger partial charge < -0.3 is 9.64 Å². The smallest absolute Gasteiger partial charge is 0.253 e. The molecule has 1 saturated heterocycles. The van der Waals surface area contributed by atoms with Crippen LogP contribution in [0.15, 0.2) is 59.3 Å². The molecule has 0 radical (unpaired) electrons. The predicted octanol–water partition coefficient (Wildman–Crippen LogP) is 5.72. The normalized spacial score (nSPS) is 14.9. The van der Waals surface area contributed by atoms with Gasteiger partial charge in [-0.1, -0.05) is 18.2 Å². The van der Waals surface area contributed by atoms with Gasteiger partial charge in [-0.3, -0.25) is 4.79 Å². The quantitative estimate of drug-likeness (QED) is 0.570. The Labute approximate surface area is 170 Å². The first-order valence-electron chi connectivity index (χ1n) is 9.76. The summed E-state index contributed by atoms with van der Waals surface area (Å²) in [5.74, 6) is 1.04. The molecule has 4 rings (SSSR count). The van der Waals surface area contributed by atoms with Crippen LogP contribution in [0, 0.1) is 13.8 Å². The predicted molar refractivity (Wildman–Crippen MR) is 115 cm³/mol. The first kappa shape index (κ1) is 18.8. The molecule has 3 nitrogen and oxygen atoms in total. The number of benzene rings is 2. The van der Waals surface area contributed by atoms with E-state index in [0.29, 0.717) is 0 Å². The maximum atomic E-state index is 12.8. The maximum Gasteiger partial charge on any atom is 0.253 e. The van der Waals surface area contributed by atoms with Crippen molar-refractivity contribution in [3.63, 3.8) is 0 Å². The zero-order chi connectivity index (χ0) is 19.5. The minimum atomic E-state index is 0.112. The molecular weight excluding hydrogens is 366 g/mol. The van der Waals surface area contributed by atoms with Crippen molar-refractivity contribution in [2.24, 2.45) is 0 Å². The lowest BCUT2D eigenvalue weighted by molar-refractivity contribution is 0.0595. The van der Waals surface area contributed by atoms with Crippen molar-refractivity contribution >= 4 is 17.2 Å². The van der Waals surface area contributed by atoms with Gasteiger partial charge in [0.2, 0.25) is 0 Å². The van der Waals surface area contributed by atoms with Crippen LogP contribution >= 0.6 is 11.3 Å². The Kier molecular flexibility index (Phi) is 5.49. The number of nitrogens with zero attached hydrogens (tertiary/aromatic N) is 1. The number of piperidine rings is 1. The lowest BCUT2D eigenvalue weighted by atomic mass is 10.0. The Bertz CT molecular complexity index is 939. The molecule has 0 unspecified atom stereocenters. The fourth-order valence-electron chi connectivity index (χ4n) is 3.57. The molecule has 4 heteroatoms. The SMILES string of the molecule is Cc1ccc(OC2CCN(C(=O)c3ccc(-c4ccsc4)cc3)CC2)cc1C. The van der Waals surface area contributed by atoms with Crippen molar-refractivity contribution in [3.8, 4) is 16.9 Å². The molecule has 0 spiro atoms. The van der Waals surface area contributed by atoms with Gasteiger partial charge in [0.1, 0.15) is 11.9 Å². The minimum absolute atomic E-state index is 0.112. The Morgan fingerprint density at radius 3 is 2.36 bits per heavy atom. The van der Waals surface area contributed by atoms with Crippen LogP contribution in [-0.2, 0) is 0 Å². The summed E-state index contributed by atoms with van der Waals surface area (Å²) in [4.78, 5) is 14.8. The van der Waals surface area contributed by atoms with Gasteiger partial charge in [-0.2, -0.15) is 11.3 Å². The number of hydrogen-bond acceptors (Lipinski definition) is 3. The van der Waals surface area contributed by atoms with Crippen molar-refractivity contribution in [1.82, 2.24) is 4.90 Å². The van der Waals surface area contributed by atoms with E-state index in [4.69, 9.17) is 4.74 Å². The van der Waals surface area contributed by atoms with Crippen LogP contribution in [0.5, 0.6) is 5.75 Å². The fraction of sp³-hybridized carbons (Fsp3) is 0.292. The standard InChI is InChI=1S/C24H25NO2S/c1-17-3-8-23(15-18(17)2)27-22-9-12-25(13-10-22)24(26)20-6-4-19(5-7-20)21-11-14-28-16-21/h3-8,11,14-16,22H,9-10,12-13H2,1-2H3. The molecule has 1 aromatic heterocycles. The van der Waals surface area contributed by atoms with Crippen LogP contribution in [0.2, 0.25) is 0 Å². The molecule has 0 N–H and O–H groups in total. The van der Waals surface area contributed by atoms with E-state index in [9.17, 15) is 4.79 Å². The molecule has 0 saturated carbocycles. The Balaban J connectivity index is 1.34. The second kappa shape index (κ2) is 8.19. The second-order valence-electron chi connectivity index (χ2n) is 7.44. The van der Waals surface area contributed by atoms with Gasteiger partial charge in [-0.25, -0.2) is 0 Å². The maximum absolute atomic E-state index is 12.8. The molecular formula is C24H25NO2S. The van der Waals surface area contributed by atoms with Crippen LogP contribution in [-0.4, -0.2) is 30.0 Å². The van der Waals surface area contributed by atoms with Crippen LogP contribution in [0.1, 0.15) is 34.3 Å². The van der Waals surface area contributed by atoms with Gasteiger partial charge in [0.05, 0.1) is 0 Å². The largest absolute Gasteiger partial charge is 0.490 e. The number of amides is 1. The number of rotatable bonds is 4. The van der Waals surface area contributed by atoms with E-state index in [1.807, 2.05) is 35.2 Å². The third kappa shape index (κ3) is 4.12. The zero-order valence-electron chi connectivity index (χ0n) is 16.4. The van der Waals surface area contributed by atoms with Crippen LogP contribution < -0.4 is 4.74 Å². The number of likely N-dealkylation sites (tertiary alicyclic amines) is 1. The summed E-state index contributed by atoms with van der Waals surface area (Å²) in [6.07, 6.45) is 1.91. The van der Waals surface area contributed by atoms with Gasteiger partial charge in [0, 0.05) is 31.5 Å². The van der Waals surface area contributed by atoms with E-state index >= 15 is 0 Å². The third-order valence-electron chi connectivity index (χ3n) is 5.50. The van der Waals surface area contributed by atoms with E-state index in [2.05, 4.69) is 42.8 Å². The summed E-state index contributed by atoms with van der Waals surface area (Å²) in [6, 6.07) is 16.3. The van der Waals surface area contributed by atoms with Gasteiger partial charge in [0.25, 0.3) is 5.91 Å². The lowest BCUT2D eigenvalue weighted by Crippen LogP contribution is -2.41. The summed E-state index contributed by atoms with van der Waals surface area (Å²) in [5, 5.41) is 4.19. The zero-order valence-corrected chi connectivity index (χ0v) is 17.2. The number of carbonyl (C=O) groups excluding carboxylic acids is 1. The van der Waals surface area contributed by atoms with Crippen molar-refractivity contribution in [2.45, 2.75) is 32.8 Å². The highest BCUT2D eigenvalue weighted by molar-refractivity contribution is 7.08. The third-order valence-corrected chi connectivity index (χ3v) is 6.18. The molecule has 2 aromatic carbocycles. The first-order valence-corrected chi connectivity index (χ1v) is 10.7. The van der Waals surface area contributed by atoms with Gasteiger partial charge in [0.15, 0.2) is 0 Å². The lowest BCUT2D eigenvalue weighted by Gasteiger charge is -2.32. The fourth-order valence-corrected chi connectivity index (χ4v) is 4.24. The highest BCUT2D eigenvalue weighted by Crippen LogP contribution is 2.25. The second-order valence-corrected chi connectivity index (χ2v) is 8.22. The molecule has 1 fully saturated rings. The summed E-state index contributed by atoms with van der Waals surface area (Å²) >= 11 is 1.68. The van der Waals surface area contributed by atoms with Crippen molar-refractivity contribution in [1.29, 1.82) is 0 Å². The molecule has 0 bridgehead atoms. The molecule has 1 amide bonds. The summed E-state index contributed by atoms with van der Waals surface area (Å²) < 4.78 is 6.14. The first-order chi connectivity index (χ1) is 13.6. The molecule has 0 aliphatic carbocycles. The Morgan fingerprint density at radius 2 is 1.71 bits per heavy atom. The topological polar surface area (TPSA) is 29.5 Å². The monoisotopic (exact) mass is 391 g/mol.